The molecule has 2 rings (SSSR count). The van der Waals surface area contributed by atoms with E-state index >= 15 is 0 Å². The van der Waals surface area contributed by atoms with Gasteiger partial charge in [-0.15, -0.1) is 0 Å². The summed E-state index contributed by atoms with van der Waals surface area (Å²) in [7, 11) is 0. The third kappa shape index (κ3) is 1.42. The van der Waals surface area contributed by atoms with Gasteiger partial charge in [0, 0.05) is 24.3 Å². The Bertz CT molecular complexity index is 455. The molecule has 1 heterocycles. The quantitative estimate of drug-likeness (QED) is 0.769. The minimum absolute atomic E-state index is 0.693. The summed E-state index contributed by atoms with van der Waals surface area (Å²) in [5.41, 5.74) is 9.48. The summed E-state index contributed by atoms with van der Waals surface area (Å²) in [6.45, 7) is 5.84. The molecule has 0 amide bonds. The molecule has 2 nitrogen and oxygen atoms in total. The number of aryl methyl sites for hydroxylation is 2. The van der Waals surface area contributed by atoms with Crippen LogP contribution in [0.15, 0.2) is 24.3 Å². The van der Waals surface area contributed by atoms with Crippen molar-refractivity contribution >= 4 is 10.9 Å². The molecule has 0 bridgehead atoms. The first-order valence-electron chi connectivity index (χ1n) is 4.99. The lowest BCUT2D eigenvalue weighted by molar-refractivity contribution is 0.715. The maximum atomic E-state index is 5.60. The summed E-state index contributed by atoms with van der Waals surface area (Å²) in [5, 5.41) is 1.31. The summed E-state index contributed by atoms with van der Waals surface area (Å²) in [6, 6.07) is 8.75. The highest BCUT2D eigenvalue weighted by Gasteiger charge is 2.04. The number of hydrogen-bond acceptors (Lipinski definition) is 1. The molecule has 0 saturated carbocycles. The third-order valence-electron chi connectivity index (χ3n) is 2.62. The summed E-state index contributed by atoms with van der Waals surface area (Å²) < 4.78 is 2.28. The molecule has 74 valence electrons. The zero-order chi connectivity index (χ0) is 10.1. The molecule has 0 aliphatic rings. The van der Waals surface area contributed by atoms with Gasteiger partial charge >= 0.3 is 0 Å². The number of hydrogen-bond donors (Lipinski definition) is 1. The molecular formula is C12H16N2. The molecule has 0 aliphatic heterocycles. The van der Waals surface area contributed by atoms with Gasteiger partial charge in [0.1, 0.15) is 0 Å². The van der Waals surface area contributed by atoms with E-state index in [0.29, 0.717) is 6.54 Å². The van der Waals surface area contributed by atoms with E-state index in [-0.39, 0.29) is 0 Å². The molecule has 0 atom stereocenters. The van der Waals surface area contributed by atoms with Crippen LogP contribution in [0.3, 0.4) is 0 Å². The van der Waals surface area contributed by atoms with Gasteiger partial charge in [-0.05, 0) is 36.9 Å². The summed E-state index contributed by atoms with van der Waals surface area (Å²) >= 11 is 0. The highest BCUT2D eigenvalue weighted by molar-refractivity contribution is 5.82. The van der Waals surface area contributed by atoms with Crippen molar-refractivity contribution in [2.45, 2.75) is 20.4 Å². The van der Waals surface area contributed by atoms with Gasteiger partial charge in [0.05, 0.1) is 0 Å². The van der Waals surface area contributed by atoms with Crippen LogP contribution in [0.1, 0.15) is 11.3 Å². The van der Waals surface area contributed by atoms with E-state index in [1.54, 1.807) is 0 Å². The van der Waals surface area contributed by atoms with E-state index in [4.69, 9.17) is 5.73 Å². The van der Waals surface area contributed by atoms with Crippen LogP contribution in [0.4, 0.5) is 0 Å². The molecule has 0 aliphatic carbocycles. The Balaban J connectivity index is 2.66. The molecular weight excluding hydrogens is 172 g/mol. The van der Waals surface area contributed by atoms with Gasteiger partial charge in [0.25, 0.3) is 0 Å². The van der Waals surface area contributed by atoms with E-state index in [9.17, 15) is 0 Å². The molecule has 0 fully saturated rings. The fraction of sp³-hybridized carbons (Fsp3) is 0.333. The summed E-state index contributed by atoms with van der Waals surface area (Å²) in [6.07, 6.45) is 0. The van der Waals surface area contributed by atoms with Crippen molar-refractivity contribution in [3.63, 3.8) is 0 Å². The molecule has 0 radical (unpaired) electrons. The smallest absolute Gasteiger partial charge is 0.0485 e. The minimum Gasteiger partial charge on any atom is -0.344 e. The van der Waals surface area contributed by atoms with Crippen LogP contribution < -0.4 is 5.73 Å². The van der Waals surface area contributed by atoms with Crippen LogP contribution in [0.2, 0.25) is 0 Å². The van der Waals surface area contributed by atoms with Gasteiger partial charge in [-0.1, -0.05) is 12.1 Å². The highest BCUT2D eigenvalue weighted by atomic mass is 15.0. The van der Waals surface area contributed by atoms with Gasteiger partial charge < -0.3 is 10.3 Å². The van der Waals surface area contributed by atoms with E-state index in [2.05, 4.69) is 42.7 Å². The SMILES string of the molecule is Cc1ccc2cc(C)n(CCN)c2c1. The van der Waals surface area contributed by atoms with Crippen molar-refractivity contribution in [3.8, 4) is 0 Å². The average Bonchev–Trinajstić information content (AvgIpc) is 2.45. The molecule has 0 saturated heterocycles. The fourth-order valence-electron chi connectivity index (χ4n) is 1.93. The number of nitrogens with two attached hydrogens (primary N) is 1. The molecule has 14 heavy (non-hydrogen) atoms. The lowest BCUT2D eigenvalue weighted by Crippen LogP contribution is -2.10. The average molecular weight is 188 g/mol. The van der Waals surface area contributed by atoms with Gasteiger partial charge in [0.15, 0.2) is 0 Å². The lowest BCUT2D eigenvalue weighted by atomic mass is 10.2. The number of nitrogens with zero attached hydrogens (tertiary/aromatic N) is 1. The molecule has 2 aromatic rings. The monoisotopic (exact) mass is 188 g/mol. The normalized spacial score (nSPS) is 11.1. The van der Waals surface area contributed by atoms with Gasteiger partial charge in [-0.2, -0.15) is 0 Å². The van der Waals surface area contributed by atoms with Crippen LogP contribution in [-0.2, 0) is 6.54 Å². The van der Waals surface area contributed by atoms with Crippen LogP contribution in [0.5, 0.6) is 0 Å². The summed E-state index contributed by atoms with van der Waals surface area (Å²) in [5.74, 6) is 0. The zero-order valence-corrected chi connectivity index (χ0v) is 8.75. The Kier molecular flexibility index (Phi) is 2.30. The van der Waals surface area contributed by atoms with Crippen LogP contribution in [0.25, 0.3) is 10.9 Å². The van der Waals surface area contributed by atoms with Crippen molar-refractivity contribution in [1.82, 2.24) is 4.57 Å². The molecule has 1 aromatic carbocycles. The van der Waals surface area contributed by atoms with Gasteiger partial charge in [0.2, 0.25) is 0 Å². The van der Waals surface area contributed by atoms with Gasteiger partial charge in [-0.3, -0.25) is 0 Å². The van der Waals surface area contributed by atoms with Crippen LogP contribution in [-0.4, -0.2) is 11.1 Å². The predicted molar refractivity (Wildman–Crippen MR) is 60.5 cm³/mol. The highest BCUT2D eigenvalue weighted by Crippen LogP contribution is 2.20. The Morgan fingerprint density at radius 3 is 2.71 bits per heavy atom. The van der Waals surface area contributed by atoms with Crippen LogP contribution in [0, 0.1) is 13.8 Å². The van der Waals surface area contributed by atoms with E-state index in [1.165, 1.54) is 22.2 Å². The maximum Gasteiger partial charge on any atom is 0.0485 e. The number of fused-ring (bicyclic) bond motifs is 1. The number of aromatic nitrogens is 1. The second kappa shape index (κ2) is 3.46. The first-order valence-corrected chi connectivity index (χ1v) is 4.99. The molecule has 1 aromatic heterocycles. The first-order chi connectivity index (χ1) is 6.72. The standard InChI is InChI=1S/C12H16N2/c1-9-3-4-11-8-10(2)14(6-5-13)12(11)7-9/h3-4,7-8H,5-6,13H2,1-2H3. The zero-order valence-electron chi connectivity index (χ0n) is 8.75. The summed E-state index contributed by atoms with van der Waals surface area (Å²) in [4.78, 5) is 0. The topological polar surface area (TPSA) is 30.9 Å². The van der Waals surface area contributed by atoms with Crippen molar-refractivity contribution in [3.05, 3.63) is 35.5 Å². The van der Waals surface area contributed by atoms with Crippen molar-refractivity contribution in [1.29, 1.82) is 0 Å². The van der Waals surface area contributed by atoms with Gasteiger partial charge in [-0.25, -0.2) is 0 Å². The molecule has 0 spiro atoms. The van der Waals surface area contributed by atoms with E-state index < -0.39 is 0 Å². The number of rotatable bonds is 2. The third-order valence-corrected chi connectivity index (χ3v) is 2.62. The predicted octanol–water partition coefficient (Wildman–Crippen LogP) is 2.22. The minimum atomic E-state index is 0.693. The molecule has 2 N–H and O–H groups in total. The largest absolute Gasteiger partial charge is 0.344 e. The Morgan fingerprint density at radius 2 is 2.00 bits per heavy atom. The second-order valence-electron chi connectivity index (χ2n) is 3.79. The van der Waals surface area contributed by atoms with Crippen molar-refractivity contribution in [2.24, 2.45) is 5.73 Å². The Morgan fingerprint density at radius 1 is 1.21 bits per heavy atom. The number of benzene rings is 1. The second-order valence-corrected chi connectivity index (χ2v) is 3.79. The van der Waals surface area contributed by atoms with E-state index in [1.807, 2.05) is 0 Å². The fourth-order valence-corrected chi connectivity index (χ4v) is 1.93. The molecule has 0 unspecified atom stereocenters. The van der Waals surface area contributed by atoms with E-state index in [0.717, 1.165) is 6.54 Å². The van der Waals surface area contributed by atoms with Crippen LogP contribution >= 0.6 is 0 Å². The first kappa shape index (κ1) is 9.28. The van der Waals surface area contributed by atoms with Crippen molar-refractivity contribution < 1.29 is 0 Å². The Hall–Kier alpha value is -1.28. The molecule has 2 heteroatoms. The Labute approximate surface area is 84.3 Å². The van der Waals surface area contributed by atoms with Crippen molar-refractivity contribution in [2.75, 3.05) is 6.54 Å². The lowest BCUT2D eigenvalue weighted by Gasteiger charge is -2.06. The maximum absolute atomic E-state index is 5.60.